The van der Waals surface area contributed by atoms with Crippen LogP contribution < -0.4 is 0 Å². The van der Waals surface area contributed by atoms with Crippen molar-refractivity contribution in [2.24, 2.45) is 0 Å². The maximum Gasteiger partial charge on any atom is 0.229 e. The van der Waals surface area contributed by atoms with E-state index in [-0.39, 0.29) is 6.10 Å². The first-order chi connectivity index (χ1) is 9.08. The average Bonchev–Trinajstić information content (AvgIpc) is 2.32. The fourth-order valence-corrected chi connectivity index (χ4v) is 4.18. The molecule has 0 aliphatic rings. The number of aliphatic hydroxyl groups is 1. The number of hydrogen-bond donors (Lipinski definition) is 1. The van der Waals surface area contributed by atoms with Gasteiger partial charge in [0.25, 0.3) is 0 Å². The Hall–Kier alpha value is 0.0734. The number of nitrogens with zero attached hydrogens (tertiary/aromatic N) is 1. The third-order valence-electron chi connectivity index (χ3n) is 2.97. The fourth-order valence-electron chi connectivity index (χ4n) is 2.03. The van der Waals surface area contributed by atoms with Gasteiger partial charge in [0.15, 0.2) is 0 Å². The van der Waals surface area contributed by atoms with Crippen LogP contribution in [-0.2, 0) is 0 Å². The number of unbranched alkanes of at least 4 members (excludes halogenated alkanes) is 7. The molecule has 2 radical (unpaired) electrons. The molecule has 0 rings (SSSR count). The molecule has 0 spiro atoms. The minimum Gasteiger partial charge on any atom is -0.214 e. The second-order valence-electron chi connectivity index (χ2n) is 5.31. The first kappa shape index (κ1) is 21.4. The van der Waals surface area contributed by atoms with E-state index in [1.807, 2.05) is 0 Å². The Labute approximate surface area is 126 Å². The maximum atomic E-state index is 9.73. The molecule has 1 atom stereocenters. The molecule has 0 amide bonds. The Morgan fingerprint density at radius 2 is 1.47 bits per heavy atom. The smallest absolute Gasteiger partial charge is 0.214 e. The van der Waals surface area contributed by atoms with E-state index in [1.165, 1.54) is 57.3 Å². The average molecular weight is 327 g/mol. The van der Waals surface area contributed by atoms with Crippen molar-refractivity contribution in [2.45, 2.75) is 87.4 Å². The van der Waals surface area contributed by atoms with Gasteiger partial charge in [-0.25, -0.2) is 5.26 Å². The normalized spacial score (nSPS) is 11.6. The summed E-state index contributed by atoms with van der Waals surface area (Å²) in [6.45, 7) is 2.26. The molecular formula is C15H31AsBNO. The summed E-state index contributed by atoms with van der Waals surface area (Å²) in [5.74, 6) is 1.25. The van der Waals surface area contributed by atoms with Gasteiger partial charge in [0, 0.05) is 0 Å². The maximum absolute atomic E-state index is 9.73. The molecule has 0 fully saturated rings. The zero-order chi connectivity index (χ0) is 14.9. The van der Waals surface area contributed by atoms with Crippen molar-refractivity contribution in [2.75, 3.05) is 0 Å². The number of aliphatic hydroxyl groups excluding tert-OH is 1. The van der Waals surface area contributed by atoms with Crippen LogP contribution >= 0.6 is 0 Å². The van der Waals surface area contributed by atoms with E-state index >= 15 is 0 Å². The molecule has 110 valence electrons. The fraction of sp³-hybridized carbons (Fsp3) is 0.933. The molecule has 4 heteroatoms. The van der Waals surface area contributed by atoms with Gasteiger partial charge in [0.2, 0.25) is 7.85 Å². The second kappa shape index (κ2) is 18.1. The Morgan fingerprint density at radius 1 is 1.05 bits per heavy atom. The van der Waals surface area contributed by atoms with Crippen LogP contribution in [0.1, 0.15) is 64.7 Å². The van der Waals surface area contributed by atoms with Crippen LogP contribution in [0.5, 0.6) is 0 Å². The molecule has 2 nitrogen and oxygen atoms in total. The SMILES string of the molecule is CCCCCCCCCCC(O)C[As](C)C.[B]C#N. The van der Waals surface area contributed by atoms with Crippen molar-refractivity contribution in [3.8, 4) is 5.97 Å². The van der Waals surface area contributed by atoms with Crippen molar-refractivity contribution in [3.63, 3.8) is 0 Å². The molecule has 0 aromatic rings. The Kier molecular flexibility index (Phi) is 20.3. The van der Waals surface area contributed by atoms with Gasteiger partial charge in [-0.15, -0.1) is 0 Å². The molecule has 1 N–H and O–H groups in total. The van der Waals surface area contributed by atoms with E-state index in [4.69, 9.17) is 5.26 Å². The molecule has 0 saturated heterocycles. The molecule has 19 heavy (non-hydrogen) atoms. The minimum absolute atomic E-state index is 0.00934. The van der Waals surface area contributed by atoms with Crippen LogP contribution in [0, 0.1) is 11.2 Å². The molecule has 0 aliphatic heterocycles. The number of hydrogen-bond acceptors (Lipinski definition) is 2. The Morgan fingerprint density at radius 3 is 1.89 bits per heavy atom. The van der Waals surface area contributed by atoms with Crippen LogP contribution in [0.25, 0.3) is 0 Å². The first-order valence-electron chi connectivity index (χ1n) is 7.50. The van der Waals surface area contributed by atoms with Crippen molar-refractivity contribution in [3.05, 3.63) is 0 Å². The summed E-state index contributed by atoms with van der Waals surface area (Å²) in [5.41, 5.74) is 4.65. The molecule has 0 heterocycles. The topological polar surface area (TPSA) is 44.0 Å². The summed E-state index contributed by atoms with van der Waals surface area (Å²) in [5, 5.41) is 17.9. The van der Waals surface area contributed by atoms with Crippen molar-refractivity contribution in [1.82, 2.24) is 0 Å². The van der Waals surface area contributed by atoms with Crippen molar-refractivity contribution >= 4 is 22.5 Å². The van der Waals surface area contributed by atoms with E-state index in [9.17, 15) is 5.11 Å². The summed E-state index contributed by atoms with van der Waals surface area (Å²) in [4.78, 5) is 0. The van der Waals surface area contributed by atoms with Crippen LogP contribution in [0.2, 0.25) is 16.6 Å². The molecule has 0 aromatic carbocycles. The summed E-state index contributed by atoms with van der Waals surface area (Å²) >= 11 is -0.616. The Bertz CT molecular complexity index is 207. The van der Waals surface area contributed by atoms with Crippen molar-refractivity contribution < 1.29 is 5.11 Å². The van der Waals surface area contributed by atoms with E-state index in [2.05, 4.69) is 26.2 Å². The molecular weight excluding hydrogens is 296 g/mol. The van der Waals surface area contributed by atoms with Gasteiger partial charge >= 0.3 is 107 Å². The molecule has 1 unspecified atom stereocenters. The molecule has 0 bridgehead atoms. The zero-order valence-corrected chi connectivity index (χ0v) is 14.9. The van der Waals surface area contributed by atoms with Gasteiger partial charge in [0.1, 0.15) is 0 Å². The number of rotatable bonds is 11. The van der Waals surface area contributed by atoms with Crippen molar-refractivity contribution in [1.29, 1.82) is 5.26 Å². The minimum atomic E-state index is -0.616. The molecule has 0 aliphatic carbocycles. The van der Waals surface area contributed by atoms with E-state index in [0.29, 0.717) is 0 Å². The van der Waals surface area contributed by atoms with Gasteiger partial charge in [-0.3, -0.25) is 0 Å². The van der Waals surface area contributed by atoms with Gasteiger partial charge < -0.3 is 0 Å². The monoisotopic (exact) mass is 327 g/mol. The second-order valence-corrected chi connectivity index (χ2v) is 10.6. The summed E-state index contributed by atoms with van der Waals surface area (Å²) in [6.07, 6.45) is 11.9. The summed E-state index contributed by atoms with van der Waals surface area (Å²) in [7, 11) is 4.15. The van der Waals surface area contributed by atoms with E-state index in [1.54, 1.807) is 0 Å². The predicted octanol–water partition coefficient (Wildman–Crippen LogP) is 4.27. The van der Waals surface area contributed by atoms with Crippen LogP contribution in [0.4, 0.5) is 0 Å². The van der Waals surface area contributed by atoms with E-state index in [0.717, 1.165) is 11.6 Å². The van der Waals surface area contributed by atoms with E-state index < -0.39 is 14.7 Å². The largest absolute Gasteiger partial charge is 0.229 e. The molecule has 0 saturated carbocycles. The third-order valence-corrected chi connectivity index (χ3v) is 5.38. The Balaban J connectivity index is 0. The quantitative estimate of drug-likeness (QED) is 0.455. The van der Waals surface area contributed by atoms with Crippen LogP contribution in [0.3, 0.4) is 0 Å². The molecule has 0 aromatic heterocycles. The summed E-state index contributed by atoms with van der Waals surface area (Å²) < 4.78 is 0. The standard InChI is InChI=1S/C14H31AsO.CBN/c1-4-5-6-7-8-9-10-11-12-14(16)13-15(2)3;2-1-3/h14,16H,4-13H2,1-3H3;. The predicted molar refractivity (Wildman–Crippen MR) is 86.9 cm³/mol. The first-order valence-corrected chi connectivity index (χ1v) is 12.6. The van der Waals surface area contributed by atoms with Gasteiger partial charge in [-0.1, -0.05) is 0 Å². The van der Waals surface area contributed by atoms with Gasteiger partial charge in [-0.2, -0.15) is 0 Å². The van der Waals surface area contributed by atoms with Gasteiger partial charge in [0.05, 0.1) is 0 Å². The van der Waals surface area contributed by atoms with Crippen LogP contribution in [0.15, 0.2) is 0 Å². The van der Waals surface area contributed by atoms with Crippen LogP contribution in [-0.4, -0.2) is 33.7 Å². The zero-order valence-electron chi connectivity index (χ0n) is 13.1. The summed E-state index contributed by atoms with van der Waals surface area (Å²) in [6, 6.07) is 0. The number of nitriles is 1. The third kappa shape index (κ3) is 23.6. The van der Waals surface area contributed by atoms with Gasteiger partial charge in [-0.05, 0) is 5.97 Å².